The summed E-state index contributed by atoms with van der Waals surface area (Å²) >= 11 is 2.34. The number of rotatable bonds is 3. The molecule has 0 amide bonds. The molecular formula is C25H34IN8O2P. The van der Waals surface area contributed by atoms with Gasteiger partial charge in [-0.05, 0) is 75.0 Å². The van der Waals surface area contributed by atoms with E-state index in [1.54, 1.807) is 4.68 Å². The summed E-state index contributed by atoms with van der Waals surface area (Å²) in [5.41, 5.74) is 13.9. The highest BCUT2D eigenvalue weighted by molar-refractivity contribution is 14.2. The Morgan fingerprint density at radius 3 is 2.70 bits per heavy atom. The molecule has 2 atom stereocenters. The van der Waals surface area contributed by atoms with Crippen molar-refractivity contribution in [1.82, 2.24) is 29.2 Å². The predicted molar refractivity (Wildman–Crippen MR) is 160 cm³/mol. The van der Waals surface area contributed by atoms with Crippen LogP contribution in [0.2, 0.25) is 0 Å². The zero-order valence-electron chi connectivity index (χ0n) is 22.1. The summed E-state index contributed by atoms with van der Waals surface area (Å²) in [5.74, 6) is 0.687. The number of ether oxygens (including phenoxy) is 1. The maximum Gasteiger partial charge on any atom is 0.221 e. The quantitative estimate of drug-likeness (QED) is 0.333. The zero-order chi connectivity index (χ0) is 26.9. The lowest BCUT2D eigenvalue weighted by molar-refractivity contribution is 0.160. The fraction of sp³-hybridized carbons (Fsp3) is 0.440. The van der Waals surface area contributed by atoms with Crippen LogP contribution in [0.25, 0.3) is 28.2 Å². The number of allylic oxidation sites excluding steroid dienone is 2. The molecule has 3 aromatic heterocycles. The number of hydrogen-bond donors (Lipinski definition) is 2. The molecule has 0 radical (unpaired) electrons. The summed E-state index contributed by atoms with van der Waals surface area (Å²) in [6.07, 6.45) is 4.27. The molecule has 0 fully saturated rings. The van der Waals surface area contributed by atoms with Gasteiger partial charge in [-0.15, -0.1) is 0 Å². The number of nitrogens with two attached hydrogens (primary N) is 1. The first kappa shape index (κ1) is 27.7. The van der Waals surface area contributed by atoms with E-state index in [9.17, 15) is 5.11 Å². The largest absolute Gasteiger partial charge is 0.473 e. The van der Waals surface area contributed by atoms with Crippen LogP contribution in [0, 0.1) is 13.8 Å². The van der Waals surface area contributed by atoms with Crippen molar-refractivity contribution in [2.24, 2.45) is 17.8 Å². The van der Waals surface area contributed by atoms with Gasteiger partial charge in [0.25, 0.3) is 0 Å². The number of nitrogens with zero attached hydrogens (tertiary/aromatic N) is 7. The Morgan fingerprint density at radius 1 is 1.27 bits per heavy atom. The Kier molecular flexibility index (Phi) is 8.67. The van der Waals surface area contributed by atoms with Crippen LogP contribution in [0.4, 0.5) is 0 Å². The molecule has 1 aliphatic rings. The van der Waals surface area contributed by atoms with Crippen LogP contribution in [0.15, 0.2) is 28.4 Å². The van der Waals surface area contributed by atoms with E-state index in [-0.39, 0.29) is 12.7 Å². The zero-order valence-corrected chi connectivity index (χ0v) is 25.2. The molecular weight excluding hydrogens is 602 g/mol. The number of halogens is 1. The summed E-state index contributed by atoms with van der Waals surface area (Å²) in [7, 11) is 3.92. The fourth-order valence-electron chi connectivity index (χ4n) is 4.73. The van der Waals surface area contributed by atoms with Crippen molar-refractivity contribution in [1.29, 1.82) is 0 Å². The molecule has 3 aromatic rings. The summed E-state index contributed by atoms with van der Waals surface area (Å²) in [4.78, 5) is 11.8. The van der Waals surface area contributed by atoms with E-state index in [1.165, 1.54) is 0 Å². The Bertz CT molecular complexity index is 1400. The average Bonchev–Trinajstić information content (AvgIpc) is 3.32. The van der Waals surface area contributed by atoms with E-state index in [4.69, 9.17) is 20.6 Å². The SMILES string of the molecule is C/C(N)=C1\C=C\c2nn(PI)c3c(C)nc(cc23)-c2c(C)nn(C)c2OC(C)CN(C)CC1=NCCO. The maximum atomic E-state index is 9.46. The number of pyridine rings is 1. The molecule has 2 bridgehead atoms. The summed E-state index contributed by atoms with van der Waals surface area (Å²) in [6, 6.07) is 2.08. The van der Waals surface area contributed by atoms with E-state index in [1.807, 2.05) is 58.4 Å². The first-order valence-electron chi connectivity index (χ1n) is 12.1. The molecule has 37 heavy (non-hydrogen) atoms. The molecule has 3 N–H and O–H groups in total. The van der Waals surface area contributed by atoms with Crippen molar-refractivity contribution < 1.29 is 9.84 Å². The average molecular weight is 636 g/mol. The lowest BCUT2D eigenvalue weighted by Gasteiger charge is -2.24. The number of likely N-dealkylation sites (N-methyl/N-ethyl adjacent to an activating group) is 1. The second-order valence-corrected chi connectivity index (χ2v) is 11.4. The molecule has 0 saturated carbocycles. The van der Waals surface area contributed by atoms with Crippen LogP contribution >= 0.6 is 28.4 Å². The molecule has 0 spiro atoms. The van der Waals surface area contributed by atoms with Crippen molar-refractivity contribution >= 4 is 51.1 Å². The van der Waals surface area contributed by atoms with Crippen LogP contribution in [0.5, 0.6) is 5.88 Å². The van der Waals surface area contributed by atoms with Gasteiger partial charge < -0.3 is 15.6 Å². The van der Waals surface area contributed by atoms with Crippen molar-refractivity contribution in [2.75, 3.05) is 33.3 Å². The van der Waals surface area contributed by atoms with Gasteiger partial charge in [-0.3, -0.25) is 14.9 Å². The Morgan fingerprint density at radius 2 is 2.03 bits per heavy atom. The van der Waals surface area contributed by atoms with Gasteiger partial charge in [0.05, 0.1) is 59.1 Å². The van der Waals surface area contributed by atoms with Gasteiger partial charge >= 0.3 is 0 Å². The number of aliphatic imine (C=N–C) groups is 1. The highest BCUT2D eigenvalue weighted by Gasteiger charge is 2.24. The number of fused-ring (bicyclic) bond motifs is 3. The standard InChI is InChI=1S/C25H34IN8O2P/c1-14-12-32(5)13-22(28-9-10-35)18(15(2)27)7-8-20-19-11-21(23-16(3)30-33(6)25(23)36-14)29-17(4)24(19)34(31-20)37-26/h7-8,11,14,35,37H,9-10,12-13,27H2,1-6H3/b8-7+,18-15-,28-22?. The highest BCUT2D eigenvalue weighted by atomic mass is 127. The molecule has 4 heterocycles. The molecule has 198 valence electrons. The van der Waals surface area contributed by atoms with E-state index >= 15 is 0 Å². The van der Waals surface area contributed by atoms with Crippen LogP contribution in [0.3, 0.4) is 0 Å². The Hall–Kier alpha value is -2.34. The van der Waals surface area contributed by atoms with Crippen LogP contribution < -0.4 is 10.5 Å². The van der Waals surface area contributed by atoms with Gasteiger partial charge in [-0.2, -0.15) is 10.2 Å². The summed E-state index contributed by atoms with van der Waals surface area (Å²) in [5, 5.41) is 20.0. The highest BCUT2D eigenvalue weighted by Crippen LogP contribution is 2.38. The van der Waals surface area contributed by atoms with Gasteiger partial charge in [0.15, 0.2) is 0 Å². The molecule has 0 aromatic carbocycles. The minimum atomic E-state index is -0.131. The lowest BCUT2D eigenvalue weighted by atomic mass is 10.0. The first-order chi connectivity index (χ1) is 17.6. The molecule has 0 saturated heterocycles. The summed E-state index contributed by atoms with van der Waals surface area (Å²) in [6.45, 7) is 9.38. The second kappa shape index (κ2) is 11.6. The van der Waals surface area contributed by atoms with Crippen molar-refractivity contribution in [3.8, 4) is 17.1 Å². The van der Waals surface area contributed by atoms with Gasteiger partial charge in [-0.1, -0.05) is 0 Å². The molecule has 10 nitrogen and oxygen atoms in total. The van der Waals surface area contributed by atoms with Crippen molar-refractivity contribution in [2.45, 2.75) is 33.8 Å². The third-order valence-corrected chi connectivity index (χ3v) is 8.07. The van der Waals surface area contributed by atoms with E-state index in [2.05, 4.69) is 43.1 Å². The number of aromatic nitrogens is 5. The smallest absolute Gasteiger partial charge is 0.221 e. The minimum Gasteiger partial charge on any atom is -0.473 e. The molecule has 2 unspecified atom stereocenters. The van der Waals surface area contributed by atoms with Gasteiger partial charge in [0.2, 0.25) is 5.88 Å². The number of aliphatic hydroxyl groups is 1. The van der Waals surface area contributed by atoms with Gasteiger partial charge in [0.1, 0.15) is 6.10 Å². The topological polar surface area (TPSA) is 120 Å². The van der Waals surface area contributed by atoms with E-state index in [0.29, 0.717) is 37.6 Å². The third kappa shape index (κ3) is 5.74. The molecule has 1 aliphatic heterocycles. The van der Waals surface area contributed by atoms with Gasteiger partial charge in [0, 0.05) is 36.8 Å². The summed E-state index contributed by atoms with van der Waals surface area (Å²) < 4.78 is 10.3. The fourth-order valence-corrected chi connectivity index (χ4v) is 6.29. The first-order valence-corrected chi connectivity index (χ1v) is 16.2. The monoisotopic (exact) mass is 636 g/mol. The maximum absolute atomic E-state index is 9.46. The minimum absolute atomic E-state index is 0.0311. The second-order valence-electron chi connectivity index (χ2n) is 9.37. The molecule has 4 rings (SSSR count). The van der Waals surface area contributed by atoms with Crippen molar-refractivity contribution in [3.05, 3.63) is 40.5 Å². The van der Waals surface area contributed by atoms with Crippen LogP contribution in [-0.4, -0.2) is 79.4 Å². The third-order valence-electron chi connectivity index (χ3n) is 6.22. The van der Waals surface area contributed by atoms with Gasteiger partial charge in [-0.25, -0.2) is 9.13 Å². The molecule has 0 aliphatic carbocycles. The Labute approximate surface area is 232 Å². The predicted octanol–water partition coefficient (Wildman–Crippen LogP) is 3.63. The number of aryl methyl sites for hydroxylation is 3. The van der Waals surface area contributed by atoms with Crippen molar-refractivity contribution in [3.63, 3.8) is 0 Å². The number of hydrogen-bond acceptors (Lipinski definition) is 8. The number of aliphatic hydroxyl groups excluding tert-OH is 1. The normalized spacial score (nSPS) is 20.9. The molecule has 12 heteroatoms. The lowest BCUT2D eigenvalue weighted by Crippen LogP contribution is -2.36. The van der Waals surface area contributed by atoms with E-state index < -0.39 is 0 Å². The van der Waals surface area contributed by atoms with Crippen LogP contribution in [0.1, 0.15) is 30.9 Å². The van der Waals surface area contributed by atoms with Crippen LogP contribution in [-0.2, 0) is 7.05 Å². The van der Waals surface area contributed by atoms with E-state index in [0.717, 1.165) is 50.5 Å². The Balaban J connectivity index is 2.00.